The Labute approximate surface area is 126 Å². The molecule has 1 aliphatic heterocycles. The van der Waals surface area contributed by atoms with Gasteiger partial charge < -0.3 is 5.32 Å². The van der Waals surface area contributed by atoms with E-state index < -0.39 is 10.0 Å². The molecule has 0 bridgehead atoms. The minimum atomic E-state index is -3.34. The van der Waals surface area contributed by atoms with Gasteiger partial charge in [-0.3, -0.25) is 0 Å². The number of nitrogens with one attached hydrogen (secondary N) is 2. The summed E-state index contributed by atoms with van der Waals surface area (Å²) in [5.74, 6) is 0.411. The Morgan fingerprint density at radius 1 is 1.61 bits per heavy atom. The van der Waals surface area contributed by atoms with Gasteiger partial charge in [-0.05, 0) is 59.9 Å². The topological polar surface area (TPSA) is 58.2 Å². The summed E-state index contributed by atoms with van der Waals surface area (Å²) >= 11 is 4.60. The van der Waals surface area contributed by atoms with Gasteiger partial charge in [0.25, 0.3) is 0 Å². The first-order chi connectivity index (χ1) is 7.99. The van der Waals surface area contributed by atoms with E-state index in [-0.39, 0.29) is 12.4 Å². The van der Waals surface area contributed by atoms with Crippen molar-refractivity contribution >= 4 is 49.7 Å². The number of hydrogen-bond donors (Lipinski definition) is 2. The molecule has 1 aromatic heterocycles. The molecule has 1 aliphatic rings. The minimum absolute atomic E-state index is 0. The largest absolute Gasteiger partial charge is 0.316 e. The fourth-order valence-corrected chi connectivity index (χ4v) is 5.14. The van der Waals surface area contributed by atoms with Gasteiger partial charge in [0, 0.05) is 6.54 Å². The molecule has 18 heavy (non-hydrogen) atoms. The van der Waals surface area contributed by atoms with Crippen molar-refractivity contribution in [3.05, 3.63) is 15.4 Å². The van der Waals surface area contributed by atoms with E-state index >= 15 is 0 Å². The van der Waals surface area contributed by atoms with Crippen LogP contribution in [0.15, 0.2) is 14.1 Å². The summed E-state index contributed by atoms with van der Waals surface area (Å²) in [7, 11) is -3.34. The first-order valence-corrected chi connectivity index (χ1v) is 8.54. The third kappa shape index (κ3) is 3.91. The second-order valence-corrected chi connectivity index (χ2v) is 8.60. The molecular weight excluding hydrogens is 360 g/mol. The Hall–Kier alpha value is 0.340. The predicted octanol–water partition coefficient (Wildman–Crippen LogP) is 2.13. The molecule has 4 nitrogen and oxygen atoms in total. The normalized spacial score (nSPS) is 19.8. The van der Waals surface area contributed by atoms with Crippen molar-refractivity contribution in [2.75, 3.05) is 19.6 Å². The van der Waals surface area contributed by atoms with Gasteiger partial charge in [0.05, 0.1) is 3.79 Å². The molecule has 104 valence electrons. The summed E-state index contributed by atoms with van der Waals surface area (Å²) in [6.07, 6.45) is 1.04. The quantitative estimate of drug-likeness (QED) is 0.847. The first-order valence-electron chi connectivity index (χ1n) is 5.45. The van der Waals surface area contributed by atoms with Crippen molar-refractivity contribution in [1.82, 2.24) is 10.0 Å². The Balaban J connectivity index is 0.00000162. The fourth-order valence-electron chi connectivity index (χ4n) is 1.75. The highest BCUT2D eigenvalue weighted by Gasteiger charge is 2.21. The Bertz CT molecular complexity index is 478. The number of halogens is 2. The molecule has 0 aliphatic carbocycles. The van der Waals surface area contributed by atoms with Gasteiger partial charge in [0.1, 0.15) is 4.21 Å². The van der Waals surface area contributed by atoms with Crippen LogP contribution in [0, 0.1) is 12.8 Å². The third-order valence-electron chi connectivity index (χ3n) is 2.82. The predicted molar refractivity (Wildman–Crippen MR) is 80.2 cm³/mol. The van der Waals surface area contributed by atoms with Crippen LogP contribution < -0.4 is 10.0 Å². The van der Waals surface area contributed by atoms with Crippen LogP contribution in [-0.4, -0.2) is 28.1 Å². The van der Waals surface area contributed by atoms with Crippen LogP contribution in [0.25, 0.3) is 0 Å². The van der Waals surface area contributed by atoms with Crippen LogP contribution in [0.2, 0.25) is 0 Å². The van der Waals surface area contributed by atoms with Gasteiger partial charge in [-0.1, -0.05) is 0 Å². The van der Waals surface area contributed by atoms with Crippen molar-refractivity contribution in [1.29, 1.82) is 0 Å². The molecular formula is C10H16BrClN2O2S2. The average molecular weight is 376 g/mol. The van der Waals surface area contributed by atoms with E-state index in [1.807, 2.05) is 6.92 Å². The number of sulfonamides is 1. The summed E-state index contributed by atoms with van der Waals surface area (Å²) in [5, 5.41) is 3.22. The molecule has 1 fully saturated rings. The van der Waals surface area contributed by atoms with E-state index in [9.17, 15) is 8.42 Å². The number of hydrogen-bond acceptors (Lipinski definition) is 4. The molecule has 0 radical (unpaired) electrons. The van der Waals surface area contributed by atoms with Crippen LogP contribution >= 0.6 is 39.7 Å². The second kappa shape index (κ2) is 6.67. The average Bonchev–Trinajstić information content (AvgIpc) is 2.87. The maximum Gasteiger partial charge on any atom is 0.250 e. The molecule has 0 amide bonds. The highest BCUT2D eigenvalue weighted by molar-refractivity contribution is 9.11. The van der Waals surface area contributed by atoms with Crippen LogP contribution in [0.1, 0.15) is 12.0 Å². The molecule has 1 unspecified atom stereocenters. The summed E-state index contributed by atoms with van der Waals surface area (Å²) in [4.78, 5) is 0. The van der Waals surface area contributed by atoms with Crippen molar-refractivity contribution in [2.24, 2.45) is 5.92 Å². The zero-order chi connectivity index (χ0) is 12.5. The lowest BCUT2D eigenvalue weighted by Crippen LogP contribution is -2.29. The van der Waals surface area contributed by atoms with Crippen LogP contribution in [0.5, 0.6) is 0 Å². The molecule has 1 aromatic rings. The molecule has 0 saturated carbocycles. The zero-order valence-corrected chi connectivity index (χ0v) is 13.9. The van der Waals surface area contributed by atoms with Crippen LogP contribution in [0.4, 0.5) is 0 Å². The smallest absolute Gasteiger partial charge is 0.250 e. The third-order valence-corrected chi connectivity index (χ3v) is 6.86. The molecule has 0 spiro atoms. The number of rotatable bonds is 4. The van der Waals surface area contributed by atoms with E-state index in [0.717, 1.165) is 28.9 Å². The molecule has 1 atom stereocenters. The SMILES string of the molecule is Cc1cc(S(=O)(=O)NCC2CCNC2)sc1Br.Cl. The summed E-state index contributed by atoms with van der Waals surface area (Å²) in [6, 6.07) is 1.70. The van der Waals surface area contributed by atoms with Crippen molar-refractivity contribution < 1.29 is 8.42 Å². The Kier molecular flexibility index (Phi) is 6.08. The van der Waals surface area contributed by atoms with Crippen molar-refractivity contribution in [2.45, 2.75) is 17.6 Å². The van der Waals surface area contributed by atoms with Gasteiger partial charge >= 0.3 is 0 Å². The lowest BCUT2D eigenvalue weighted by molar-refractivity contribution is 0.540. The number of thiophene rings is 1. The van der Waals surface area contributed by atoms with Crippen molar-refractivity contribution in [3.63, 3.8) is 0 Å². The van der Waals surface area contributed by atoms with Crippen LogP contribution in [-0.2, 0) is 10.0 Å². The van der Waals surface area contributed by atoms with E-state index in [1.54, 1.807) is 6.07 Å². The van der Waals surface area contributed by atoms with Crippen LogP contribution in [0.3, 0.4) is 0 Å². The van der Waals surface area contributed by atoms with E-state index in [1.165, 1.54) is 11.3 Å². The van der Waals surface area contributed by atoms with E-state index in [2.05, 4.69) is 26.0 Å². The van der Waals surface area contributed by atoms with Gasteiger partial charge in [0.15, 0.2) is 0 Å². The second-order valence-electron chi connectivity index (χ2n) is 4.23. The van der Waals surface area contributed by atoms with Gasteiger partial charge in [-0.15, -0.1) is 23.7 Å². The maximum absolute atomic E-state index is 12.0. The Morgan fingerprint density at radius 2 is 2.33 bits per heavy atom. The zero-order valence-electron chi connectivity index (χ0n) is 9.90. The molecule has 8 heteroatoms. The van der Waals surface area contributed by atoms with Gasteiger partial charge in [0.2, 0.25) is 10.0 Å². The molecule has 2 rings (SSSR count). The maximum atomic E-state index is 12.0. The summed E-state index contributed by atoms with van der Waals surface area (Å²) < 4.78 is 28.0. The molecule has 2 heterocycles. The van der Waals surface area contributed by atoms with Crippen molar-refractivity contribution in [3.8, 4) is 0 Å². The monoisotopic (exact) mass is 374 g/mol. The summed E-state index contributed by atoms with van der Waals surface area (Å²) in [5.41, 5.74) is 0.956. The Morgan fingerprint density at radius 3 is 2.83 bits per heavy atom. The van der Waals surface area contributed by atoms with Gasteiger partial charge in [-0.2, -0.15) is 0 Å². The fraction of sp³-hybridized carbons (Fsp3) is 0.600. The molecule has 1 saturated heterocycles. The van der Waals surface area contributed by atoms with Gasteiger partial charge in [-0.25, -0.2) is 13.1 Å². The summed E-state index contributed by atoms with van der Waals surface area (Å²) in [6.45, 7) is 4.29. The minimum Gasteiger partial charge on any atom is -0.316 e. The highest BCUT2D eigenvalue weighted by atomic mass is 79.9. The molecule has 0 aromatic carbocycles. The molecule has 2 N–H and O–H groups in total. The highest BCUT2D eigenvalue weighted by Crippen LogP contribution is 2.30. The standard InChI is InChI=1S/C10H15BrN2O2S2.ClH/c1-7-4-9(16-10(7)11)17(14,15)13-6-8-2-3-12-5-8;/h4,8,12-13H,2-3,5-6H2,1H3;1H. The van der Waals surface area contributed by atoms with E-state index in [4.69, 9.17) is 0 Å². The lowest BCUT2D eigenvalue weighted by atomic mass is 10.1. The number of aryl methyl sites for hydroxylation is 1. The van der Waals surface area contributed by atoms with E-state index in [0.29, 0.717) is 16.7 Å². The first kappa shape index (κ1) is 16.4. The lowest BCUT2D eigenvalue weighted by Gasteiger charge is -2.09.